The molecule has 0 radical (unpaired) electrons. The number of hydrogen-bond acceptors (Lipinski definition) is 3. The molecule has 0 amide bonds. The fourth-order valence-corrected chi connectivity index (χ4v) is 2.10. The molecular formula is C14H23N3. The van der Waals surface area contributed by atoms with Crippen LogP contribution >= 0.6 is 0 Å². The lowest BCUT2D eigenvalue weighted by Gasteiger charge is -2.19. The van der Waals surface area contributed by atoms with E-state index in [2.05, 4.69) is 34.3 Å². The largest absolute Gasteiger partial charge is 0.311 e. The van der Waals surface area contributed by atoms with Gasteiger partial charge in [0.1, 0.15) is 0 Å². The molecule has 0 saturated heterocycles. The second kappa shape index (κ2) is 6.12. The van der Waals surface area contributed by atoms with E-state index >= 15 is 0 Å². The van der Waals surface area contributed by atoms with Crippen LogP contribution in [-0.4, -0.2) is 35.6 Å². The lowest BCUT2D eigenvalue weighted by Crippen LogP contribution is -2.33. The van der Waals surface area contributed by atoms with Crippen molar-refractivity contribution >= 4 is 0 Å². The average molecular weight is 233 g/mol. The Kier molecular flexibility index (Phi) is 4.51. The van der Waals surface area contributed by atoms with Crippen molar-refractivity contribution in [3.8, 4) is 0 Å². The molecule has 1 heterocycles. The summed E-state index contributed by atoms with van der Waals surface area (Å²) in [7, 11) is 0. The normalized spacial score (nSPS) is 15.5. The molecule has 1 aliphatic rings. The van der Waals surface area contributed by atoms with Gasteiger partial charge in [0, 0.05) is 37.6 Å². The van der Waals surface area contributed by atoms with E-state index in [1.165, 1.54) is 31.5 Å². The molecule has 0 aliphatic heterocycles. The molecule has 2 rings (SSSR count). The third-order valence-electron chi connectivity index (χ3n) is 3.35. The highest BCUT2D eigenvalue weighted by atomic mass is 15.2. The molecule has 1 fully saturated rings. The maximum atomic E-state index is 4.30. The van der Waals surface area contributed by atoms with Crippen LogP contribution in [0.15, 0.2) is 18.3 Å². The highest BCUT2D eigenvalue weighted by Crippen LogP contribution is 2.25. The lowest BCUT2D eigenvalue weighted by molar-refractivity contribution is 0.277. The molecular weight excluding hydrogens is 210 g/mol. The van der Waals surface area contributed by atoms with E-state index in [0.717, 1.165) is 24.8 Å². The maximum absolute atomic E-state index is 4.30. The number of aromatic nitrogens is 1. The molecule has 0 unspecified atom stereocenters. The van der Waals surface area contributed by atoms with Crippen LogP contribution in [0.3, 0.4) is 0 Å². The minimum atomic E-state index is 0.878. The number of aryl methyl sites for hydroxylation is 1. The van der Waals surface area contributed by atoms with E-state index < -0.39 is 0 Å². The minimum Gasteiger partial charge on any atom is -0.311 e. The number of nitrogens with zero attached hydrogens (tertiary/aromatic N) is 2. The van der Waals surface area contributed by atoms with Crippen molar-refractivity contribution in [2.24, 2.45) is 0 Å². The maximum Gasteiger partial charge on any atom is 0.0372 e. The van der Waals surface area contributed by atoms with Crippen LogP contribution in [-0.2, 0) is 6.54 Å². The quantitative estimate of drug-likeness (QED) is 0.730. The summed E-state index contributed by atoms with van der Waals surface area (Å²) in [5.74, 6) is 0. The number of nitrogens with one attached hydrogen (secondary N) is 1. The first-order valence-electron chi connectivity index (χ1n) is 6.66. The Bertz CT molecular complexity index is 330. The number of hydrogen-bond donors (Lipinski definition) is 1. The summed E-state index contributed by atoms with van der Waals surface area (Å²) in [4.78, 5) is 6.87. The number of pyridine rings is 1. The molecule has 94 valence electrons. The fourth-order valence-electron chi connectivity index (χ4n) is 2.10. The standard InChI is InChI=1S/C14H23N3/c1-3-17(14-6-7-14)9-8-15-10-13-5-4-12(2)16-11-13/h4-5,11,14-15H,3,6-10H2,1-2H3. The van der Waals surface area contributed by atoms with Gasteiger partial charge in [-0.25, -0.2) is 0 Å². The molecule has 1 aromatic heterocycles. The van der Waals surface area contributed by atoms with E-state index in [1.54, 1.807) is 0 Å². The molecule has 1 saturated carbocycles. The van der Waals surface area contributed by atoms with Gasteiger partial charge >= 0.3 is 0 Å². The molecule has 17 heavy (non-hydrogen) atoms. The second-order valence-electron chi connectivity index (χ2n) is 4.84. The summed E-state index contributed by atoms with van der Waals surface area (Å²) >= 11 is 0. The van der Waals surface area contributed by atoms with Crippen LogP contribution in [0, 0.1) is 6.92 Å². The highest BCUT2D eigenvalue weighted by molar-refractivity contribution is 5.12. The third-order valence-corrected chi connectivity index (χ3v) is 3.35. The van der Waals surface area contributed by atoms with Crippen LogP contribution < -0.4 is 5.32 Å². The zero-order valence-electron chi connectivity index (χ0n) is 10.9. The summed E-state index contributed by atoms with van der Waals surface area (Å²) in [5.41, 5.74) is 2.35. The molecule has 0 atom stereocenters. The Morgan fingerprint density at radius 3 is 2.82 bits per heavy atom. The summed E-state index contributed by atoms with van der Waals surface area (Å²) in [6.07, 6.45) is 4.76. The van der Waals surface area contributed by atoms with Gasteiger partial charge in [-0.3, -0.25) is 9.88 Å². The van der Waals surface area contributed by atoms with Gasteiger partial charge in [0.15, 0.2) is 0 Å². The fraction of sp³-hybridized carbons (Fsp3) is 0.643. The van der Waals surface area contributed by atoms with Gasteiger partial charge < -0.3 is 5.32 Å². The first kappa shape index (κ1) is 12.5. The number of rotatable bonds is 7. The molecule has 0 bridgehead atoms. The van der Waals surface area contributed by atoms with E-state index in [9.17, 15) is 0 Å². The molecule has 3 heteroatoms. The zero-order chi connectivity index (χ0) is 12.1. The zero-order valence-corrected chi connectivity index (χ0v) is 10.9. The van der Waals surface area contributed by atoms with Crippen molar-refractivity contribution < 1.29 is 0 Å². The van der Waals surface area contributed by atoms with Gasteiger partial charge in [-0.1, -0.05) is 13.0 Å². The summed E-state index contributed by atoms with van der Waals surface area (Å²) in [6.45, 7) is 8.61. The van der Waals surface area contributed by atoms with Gasteiger partial charge in [0.2, 0.25) is 0 Å². The van der Waals surface area contributed by atoms with Crippen molar-refractivity contribution in [2.75, 3.05) is 19.6 Å². The van der Waals surface area contributed by atoms with Gasteiger partial charge in [0.25, 0.3) is 0 Å². The van der Waals surface area contributed by atoms with Crippen molar-refractivity contribution in [3.63, 3.8) is 0 Å². The molecule has 0 spiro atoms. The van der Waals surface area contributed by atoms with Crippen molar-refractivity contribution in [2.45, 2.75) is 39.3 Å². The monoisotopic (exact) mass is 233 g/mol. The van der Waals surface area contributed by atoms with E-state index in [-0.39, 0.29) is 0 Å². The van der Waals surface area contributed by atoms with E-state index in [4.69, 9.17) is 0 Å². The van der Waals surface area contributed by atoms with Crippen LogP contribution in [0.25, 0.3) is 0 Å². The Morgan fingerprint density at radius 1 is 1.41 bits per heavy atom. The molecule has 1 N–H and O–H groups in total. The first-order valence-corrected chi connectivity index (χ1v) is 6.66. The van der Waals surface area contributed by atoms with Crippen LogP contribution in [0.1, 0.15) is 31.0 Å². The van der Waals surface area contributed by atoms with Crippen LogP contribution in [0.5, 0.6) is 0 Å². The predicted octanol–water partition coefficient (Wildman–Crippen LogP) is 1.96. The van der Waals surface area contributed by atoms with Crippen LogP contribution in [0.2, 0.25) is 0 Å². The van der Waals surface area contributed by atoms with E-state index in [0.29, 0.717) is 0 Å². The Hall–Kier alpha value is -0.930. The topological polar surface area (TPSA) is 28.2 Å². The molecule has 1 aromatic rings. The van der Waals surface area contributed by atoms with Gasteiger partial charge in [-0.05, 0) is 37.9 Å². The van der Waals surface area contributed by atoms with Crippen molar-refractivity contribution in [1.82, 2.24) is 15.2 Å². The van der Waals surface area contributed by atoms with Gasteiger partial charge in [-0.2, -0.15) is 0 Å². The Labute approximate surface area is 104 Å². The van der Waals surface area contributed by atoms with Gasteiger partial charge in [0.05, 0.1) is 0 Å². The van der Waals surface area contributed by atoms with Crippen molar-refractivity contribution in [1.29, 1.82) is 0 Å². The molecule has 3 nitrogen and oxygen atoms in total. The summed E-state index contributed by atoms with van der Waals surface area (Å²) in [5, 5.41) is 3.49. The first-order chi connectivity index (χ1) is 8.29. The summed E-state index contributed by atoms with van der Waals surface area (Å²) < 4.78 is 0. The minimum absolute atomic E-state index is 0.878. The molecule has 1 aliphatic carbocycles. The van der Waals surface area contributed by atoms with Crippen molar-refractivity contribution in [3.05, 3.63) is 29.6 Å². The average Bonchev–Trinajstić information content (AvgIpc) is 3.16. The summed E-state index contributed by atoms with van der Waals surface area (Å²) in [6, 6.07) is 5.09. The SMILES string of the molecule is CCN(CCNCc1ccc(C)nc1)C1CC1. The Balaban J connectivity index is 1.63. The lowest BCUT2D eigenvalue weighted by atomic mass is 10.2. The Morgan fingerprint density at radius 2 is 2.24 bits per heavy atom. The van der Waals surface area contributed by atoms with E-state index in [1.807, 2.05) is 13.1 Å². The van der Waals surface area contributed by atoms with Gasteiger partial charge in [-0.15, -0.1) is 0 Å². The predicted molar refractivity (Wildman–Crippen MR) is 70.9 cm³/mol. The number of likely N-dealkylation sites (N-methyl/N-ethyl adjacent to an activating group) is 1. The smallest absolute Gasteiger partial charge is 0.0372 e. The molecule has 0 aromatic carbocycles. The highest BCUT2D eigenvalue weighted by Gasteiger charge is 2.26. The van der Waals surface area contributed by atoms with Crippen LogP contribution in [0.4, 0.5) is 0 Å². The third kappa shape index (κ3) is 4.10. The second-order valence-corrected chi connectivity index (χ2v) is 4.84.